The molecule has 1 aromatic heterocycles. The first-order chi connectivity index (χ1) is 11.8. The normalized spacial score (nSPS) is 18.4. The summed E-state index contributed by atoms with van der Waals surface area (Å²) in [5.74, 6) is -0.781. The molecule has 1 aliphatic rings. The van der Waals surface area contributed by atoms with Gasteiger partial charge in [0.15, 0.2) is 5.76 Å². The van der Waals surface area contributed by atoms with Crippen molar-refractivity contribution in [1.82, 2.24) is 9.46 Å². The zero-order chi connectivity index (χ0) is 18.2. The number of aromatic nitrogens is 1. The van der Waals surface area contributed by atoms with E-state index in [-0.39, 0.29) is 28.6 Å². The Bertz CT molecular complexity index is 890. The number of nitrogens with one attached hydrogen (secondary N) is 1. The lowest BCUT2D eigenvalue weighted by atomic mass is 10.2. The van der Waals surface area contributed by atoms with Crippen LogP contribution in [0.1, 0.15) is 24.3 Å². The van der Waals surface area contributed by atoms with Gasteiger partial charge in [-0.05, 0) is 44.9 Å². The first-order valence-electron chi connectivity index (χ1n) is 7.82. The van der Waals surface area contributed by atoms with Crippen LogP contribution < -0.4 is 5.32 Å². The highest BCUT2D eigenvalue weighted by Crippen LogP contribution is 2.30. The van der Waals surface area contributed by atoms with Crippen LogP contribution in [0.5, 0.6) is 0 Å². The number of carbonyl (C=O) groups excluding carboxylic acids is 1. The molecular formula is C16H18FN3O4S. The molecule has 2 aromatic rings. The summed E-state index contributed by atoms with van der Waals surface area (Å²) in [5.41, 5.74) is 0.542. The number of anilines is 1. The Kier molecular flexibility index (Phi) is 4.61. The number of hydrogen-bond acceptors (Lipinski definition) is 5. The lowest BCUT2D eigenvalue weighted by Crippen LogP contribution is -2.43. The third-order valence-corrected chi connectivity index (χ3v) is 6.29. The summed E-state index contributed by atoms with van der Waals surface area (Å²) in [6.45, 7) is 3.29. The van der Waals surface area contributed by atoms with Gasteiger partial charge in [0.1, 0.15) is 22.4 Å². The average molecular weight is 367 g/mol. The maximum absolute atomic E-state index is 13.3. The van der Waals surface area contributed by atoms with Crippen molar-refractivity contribution in [2.45, 2.75) is 37.6 Å². The summed E-state index contributed by atoms with van der Waals surface area (Å²) in [6.07, 6.45) is 0.952. The number of hydrogen-bond donors (Lipinski definition) is 1. The minimum atomic E-state index is -3.91. The second kappa shape index (κ2) is 6.57. The molecule has 2 heterocycles. The number of amides is 1. The van der Waals surface area contributed by atoms with E-state index in [0.29, 0.717) is 12.8 Å². The number of nitrogens with zero attached hydrogens (tertiary/aromatic N) is 2. The van der Waals surface area contributed by atoms with Gasteiger partial charge in [0.05, 0.1) is 0 Å². The average Bonchev–Trinajstić information content (AvgIpc) is 3.15. The third-order valence-electron chi connectivity index (χ3n) is 4.13. The topological polar surface area (TPSA) is 92.5 Å². The minimum absolute atomic E-state index is 0.00189. The molecule has 7 nitrogen and oxygen atoms in total. The smallest absolute Gasteiger partial charge is 0.249 e. The SMILES string of the molecule is Cc1noc(C)c1S(=O)(=O)N1CCC[C@@H]1C(=O)Nc1cccc(F)c1. The fourth-order valence-corrected chi connectivity index (χ4v) is 4.99. The zero-order valence-corrected chi connectivity index (χ0v) is 14.6. The Labute approximate surface area is 144 Å². The highest BCUT2D eigenvalue weighted by molar-refractivity contribution is 7.89. The summed E-state index contributed by atoms with van der Waals surface area (Å²) in [4.78, 5) is 12.5. The number of sulfonamides is 1. The third kappa shape index (κ3) is 3.29. The molecule has 1 amide bonds. The van der Waals surface area contributed by atoms with Gasteiger partial charge in [-0.1, -0.05) is 11.2 Å². The molecule has 0 radical (unpaired) electrons. The van der Waals surface area contributed by atoms with Crippen LogP contribution in [0.4, 0.5) is 10.1 Å². The van der Waals surface area contributed by atoms with Crippen molar-refractivity contribution in [2.75, 3.05) is 11.9 Å². The molecule has 1 N–H and O–H groups in total. The maximum atomic E-state index is 13.3. The fourth-order valence-electron chi connectivity index (χ4n) is 3.04. The van der Waals surface area contributed by atoms with Crippen molar-refractivity contribution in [3.63, 3.8) is 0 Å². The predicted octanol–water partition coefficient (Wildman–Crippen LogP) is 2.22. The number of aryl methyl sites for hydroxylation is 2. The van der Waals surface area contributed by atoms with E-state index in [1.165, 1.54) is 25.1 Å². The molecule has 1 aromatic carbocycles. The molecule has 1 atom stereocenters. The molecular weight excluding hydrogens is 349 g/mol. The summed E-state index contributed by atoms with van der Waals surface area (Å²) in [6, 6.07) is 4.60. The lowest BCUT2D eigenvalue weighted by molar-refractivity contribution is -0.119. The van der Waals surface area contributed by atoms with E-state index in [9.17, 15) is 17.6 Å². The number of carbonyl (C=O) groups is 1. The predicted molar refractivity (Wildman–Crippen MR) is 87.9 cm³/mol. The molecule has 3 rings (SSSR count). The van der Waals surface area contributed by atoms with Gasteiger partial charge in [-0.15, -0.1) is 0 Å². The van der Waals surface area contributed by atoms with E-state index >= 15 is 0 Å². The molecule has 1 fully saturated rings. The molecule has 0 aliphatic carbocycles. The van der Waals surface area contributed by atoms with Crippen molar-refractivity contribution < 1.29 is 22.1 Å². The van der Waals surface area contributed by atoms with E-state index in [1.807, 2.05) is 0 Å². The number of rotatable bonds is 4. The molecule has 25 heavy (non-hydrogen) atoms. The molecule has 0 unspecified atom stereocenters. The Morgan fingerprint density at radius 1 is 1.40 bits per heavy atom. The molecule has 1 saturated heterocycles. The Morgan fingerprint density at radius 3 is 2.80 bits per heavy atom. The first kappa shape index (κ1) is 17.6. The molecule has 0 bridgehead atoms. The van der Waals surface area contributed by atoms with Crippen molar-refractivity contribution in [1.29, 1.82) is 0 Å². The standard InChI is InChI=1S/C16H18FN3O4S/c1-10-15(11(2)24-19-10)25(22,23)20-8-4-7-14(20)16(21)18-13-6-3-5-12(17)9-13/h3,5-6,9,14H,4,7-8H2,1-2H3,(H,18,21)/t14-/m1/s1. The molecule has 134 valence electrons. The van der Waals surface area contributed by atoms with Gasteiger partial charge in [-0.25, -0.2) is 12.8 Å². The van der Waals surface area contributed by atoms with Crippen LogP contribution in [0, 0.1) is 19.7 Å². The Hall–Kier alpha value is -2.26. The number of halogens is 1. The van der Waals surface area contributed by atoms with Crippen LogP contribution in [0.15, 0.2) is 33.7 Å². The van der Waals surface area contributed by atoms with Gasteiger partial charge in [-0.3, -0.25) is 4.79 Å². The van der Waals surface area contributed by atoms with E-state index < -0.39 is 27.8 Å². The van der Waals surface area contributed by atoms with Crippen LogP contribution in [-0.4, -0.2) is 36.4 Å². The van der Waals surface area contributed by atoms with Crippen LogP contribution in [-0.2, 0) is 14.8 Å². The van der Waals surface area contributed by atoms with Gasteiger partial charge in [0.25, 0.3) is 0 Å². The summed E-state index contributed by atoms with van der Waals surface area (Å²) >= 11 is 0. The lowest BCUT2D eigenvalue weighted by Gasteiger charge is -2.23. The van der Waals surface area contributed by atoms with Crippen molar-refractivity contribution in [3.05, 3.63) is 41.5 Å². The van der Waals surface area contributed by atoms with Gasteiger partial charge in [0, 0.05) is 12.2 Å². The number of benzene rings is 1. The zero-order valence-electron chi connectivity index (χ0n) is 13.8. The molecule has 1 aliphatic heterocycles. The summed E-state index contributed by atoms with van der Waals surface area (Å²) in [5, 5.41) is 6.26. The minimum Gasteiger partial charge on any atom is -0.360 e. The van der Waals surface area contributed by atoms with Gasteiger partial charge in [-0.2, -0.15) is 4.31 Å². The van der Waals surface area contributed by atoms with E-state index in [0.717, 1.165) is 4.31 Å². The van der Waals surface area contributed by atoms with Crippen LogP contribution in [0.25, 0.3) is 0 Å². The highest BCUT2D eigenvalue weighted by atomic mass is 32.2. The Balaban J connectivity index is 1.86. The maximum Gasteiger partial charge on any atom is 0.249 e. The quantitative estimate of drug-likeness (QED) is 0.894. The first-order valence-corrected chi connectivity index (χ1v) is 9.26. The fraction of sp³-hybridized carbons (Fsp3) is 0.375. The van der Waals surface area contributed by atoms with E-state index in [4.69, 9.17) is 4.52 Å². The Morgan fingerprint density at radius 2 is 2.16 bits per heavy atom. The van der Waals surface area contributed by atoms with Crippen LogP contribution in [0.3, 0.4) is 0 Å². The largest absolute Gasteiger partial charge is 0.360 e. The highest BCUT2D eigenvalue weighted by Gasteiger charge is 2.41. The monoisotopic (exact) mass is 367 g/mol. The van der Waals surface area contributed by atoms with Crippen molar-refractivity contribution >= 4 is 21.6 Å². The van der Waals surface area contributed by atoms with Crippen LogP contribution in [0.2, 0.25) is 0 Å². The van der Waals surface area contributed by atoms with Gasteiger partial charge < -0.3 is 9.84 Å². The van der Waals surface area contributed by atoms with Gasteiger partial charge in [0.2, 0.25) is 15.9 Å². The van der Waals surface area contributed by atoms with Crippen molar-refractivity contribution in [3.8, 4) is 0 Å². The summed E-state index contributed by atoms with van der Waals surface area (Å²) < 4.78 is 45.3. The van der Waals surface area contributed by atoms with E-state index in [1.54, 1.807) is 13.0 Å². The summed E-state index contributed by atoms with van der Waals surface area (Å²) in [7, 11) is -3.91. The van der Waals surface area contributed by atoms with Crippen molar-refractivity contribution in [2.24, 2.45) is 0 Å². The second-order valence-electron chi connectivity index (χ2n) is 5.93. The second-order valence-corrected chi connectivity index (χ2v) is 7.75. The molecule has 0 saturated carbocycles. The van der Waals surface area contributed by atoms with Crippen LogP contribution >= 0.6 is 0 Å². The van der Waals surface area contributed by atoms with Gasteiger partial charge >= 0.3 is 0 Å². The van der Waals surface area contributed by atoms with E-state index in [2.05, 4.69) is 10.5 Å². The molecule has 9 heteroatoms. The molecule has 0 spiro atoms.